The van der Waals surface area contributed by atoms with Crippen LogP contribution in [-0.2, 0) is 4.79 Å². The van der Waals surface area contributed by atoms with E-state index in [9.17, 15) is 4.79 Å². The van der Waals surface area contributed by atoms with Crippen LogP contribution in [0.15, 0.2) is 41.0 Å². The molecule has 0 radical (unpaired) electrons. The van der Waals surface area contributed by atoms with Crippen molar-refractivity contribution in [2.75, 3.05) is 11.1 Å². The van der Waals surface area contributed by atoms with E-state index in [0.717, 1.165) is 10.6 Å². The molecular formula is C20H15Cl2N3OS3. The molecule has 4 rings (SSSR count). The van der Waals surface area contributed by atoms with Crippen molar-refractivity contribution in [3.8, 4) is 10.6 Å². The van der Waals surface area contributed by atoms with Crippen LogP contribution < -0.4 is 5.32 Å². The van der Waals surface area contributed by atoms with E-state index in [0.29, 0.717) is 20.9 Å². The van der Waals surface area contributed by atoms with Gasteiger partial charge in [-0.1, -0.05) is 35.0 Å². The normalized spacial score (nSPS) is 11.2. The third kappa shape index (κ3) is 4.44. The van der Waals surface area contributed by atoms with E-state index in [4.69, 9.17) is 23.2 Å². The van der Waals surface area contributed by atoms with Gasteiger partial charge in [-0.3, -0.25) is 4.79 Å². The van der Waals surface area contributed by atoms with Gasteiger partial charge < -0.3 is 5.32 Å². The third-order valence-electron chi connectivity index (χ3n) is 4.26. The SMILES string of the molecule is Cc1csc2sc(-c3ccnc(SCC(=O)Nc4ccc(Cl)cc4Cl)n3)c(C)c12. The molecule has 0 fully saturated rings. The zero-order chi connectivity index (χ0) is 20.5. The number of anilines is 1. The number of benzene rings is 1. The topological polar surface area (TPSA) is 54.9 Å². The molecule has 4 aromatic rings. The summed E-state index contributed by atoms with van der Waals surface area (Å²) in [5.74, 6) is -0.00306. The average Bonchev–Trinajstić information content (AvgIpc) is 3.23. The number of halogens is 2. The lowest BCUT2D eigenvalue weighted by Gasteiger charge is -2.07. The molecular weight excluding hydrogens is 465 g/mol. The Bertz CT molecular complexity index is 1220. The number of fused-ring (bicyclic) bond motifs is 1. The summed E-state index contributed by atoms with van der Waals surface area (Å²) in [4.78, 5) is 22.4. The molecule has 0 unspecified atom stereocenters. The van der Waals surface area contributed by atoms with Crippen molar-refractivity contribution in [2.24, 2.45) is 0 Å². The molecule has 0 spiro atoms. The maximum absolute atomic E-state index is 12.3. The molecule has 3 heterocycles. The Morgan fingerprint density at radius 1 is 1.24 bits per heavy atom. The minimum atomic E-state index is -0.184. The molecule has 4 nitrogen and oxygen atoms in total. The maximum atomic E-state index is 12.3. The van der Waals surface area contributed by atoms with Crippen LogP contribution in [0.3, 0.4) is 0 Å². The fourth-order valence-corrected chi connectivity index (χ4v) is 6.50. The summed E-state index contributed by atoms with van der Waals surface area (Å²) >= 11 is 16.8. The van der Waals surface area contributed by atoms with Gasteiger partial charge in [0.2, 0.25) is 5.91 Å². The molecule has 3 aromatic heterocycles. The Morgan fingerprint density at radius 3 is 2.83 bits per heavy atom. The molecule has 0 aliphatic heterocycles. The molecule has 0 aliphatic carbocycles. The van der Waals surface area contributed by atoms with Crippen molar-refractivity contribution < 1.29 is 4.79 Å². The molecule has 0 saturated heterocycles. The van der Waals surface area contributed by atoms with E-state index in [2.05, 4.69) is 34.5 Å². The number of thioether (sulfide) groups is 1. The number of nitrogens with one attached hydrogen (secondary N) is 1. The van der Waals surface area contributed by atoms with Crippen molar-refractivity contribution in [3.63, 3.8) is 0 Å². The van der Waals surface area contributed by atoms with Crippen LogP contribution in [0.2, 0.25) is 10.0 Å². The molecule has 0 aliphatic rings. The first-order valence-corrected chi connectivity index (χ1v) is 12.0. The lowest BCUT2D eigenvalue weighted by molar-refractivity contribution is -0.113. The van der Waals surface area contributed by atoms with Gasteiger partial charge in [0.25, 0.3) is 0 Å². The molecule has 1 aromatic carbocycles. The van der Waals surface area contributed by atoms with Crippen molar-refractivity contribution in [3.05, 3.63) is 57.0 Å². The summed E-state index contributed by atoms with van der Waals surface area (Å²) in [6, 6.07) is 6.86. The zero-order valence-corrected chi connectivity index (χ0v) is 19.4. The monoisotopic (exact) mass is 479 g/mol. The summed E-state index contributed by atoms with van der Waals surface area (Å²) in [7, 11) is 0. The van der Waals surface area contributed by atoms with E-state index in [1.54, 1.807) is 47.1 Å². The van der Waals surface area contributed by atoms with Gasteiger partial charge in [0.15, 0.2) is 5.16 Å². The van der Waals surface area contributed by atoms with Crippen LogP contribution in [0.1, 0.15) is 11.1 Å². The van der Waals surface area contributed by atoms with Gasteiger partial charge in [0, 0.05) is 16.6 Å². The van der Waals surface area contributed by atoms with Crippen LogP contribution >= 0.6 is 57.6 Å². The van der Waals surface area contributed by atoms with Crippen molar-refractivity contribution in [2.45, 2.75) is 19.0 Å². The van der Waals surface area contributed by atoms with Gasteiger partial charge in [-0.2, -0.15) is 0 Å². The highest BCUT2D eigenvalue weighted by atomic mass is 35.5. The van der Waals surface area contributed by atoms with Gasteiger partial charge in [-0.15, -0.1) is 22.7 Å². The average molecular weight is 480 g/mol. The van der Waals surface area contributed by atoms with E-state index in [1.165, 1.54) is 32.3 Å². The lowest BCUT2D eigenvalue weighted by Crippen LogP contribution is -2.14. The first-order valence-electron chi connectivity index (χ1n) is 8.60. The number of amides is 1. The first kappa shape index (κ1) is 20.6. The van der Waals surface area contributed by atoms with Gasteiger partial charge in [-0.05, 0) is 54.6 Å². The number of hydrogen-bond acceptors (Lipinski definition) is 6. The Balaban J connectivity index is 1.47. The van der Waals surface area contributed by atoms with Gasteiger partial charge >= 0.3 is 0 Å². The largest absolute Gasteiger partial charge is 0.324 e. The van der Waals surface area contributed by atoms with Crippen LogP contribution in [0.25, 0.3) is 20.0 Å². The molecule has 148 valence electrons. The van der Waals surface area contributed by atoms with Gasteiger partial charge in [0.1, 0.15) is 0 Å². The molecule has 0 bridgehead atoms. The summed E-state index contributed by atoms with van der Waals surface area (Å²) in [5.41, 5.74) is 3.95. The lowest BCUT2D eigenvalue weighted by atomic mass is 10.1. The van der Waals surface area contributed by atoms with Gasteiger partial charge in [-0.25, -0.2) is 9.97 Å². The summed E-state index contributed by atoms with van der Waals surface area (Å²) < 4.78 is 1.31. The summed E-state index contributed by atoms with van der Waals surface area (Å²) in [5, 5.41) is 7.77. The smallest absolute Gasteiger partial charge is 0.234 e. The first-order chi connectivity index (χ1) is 13.9. The van der Waals surface area contributed by atoms with Crippen LogP contribution in [0.5, 0.6) is 0 Å². The molecule has 1 N–H and O–H groups in total. The fourth-order valence-electron chi connectivity index (χ4n) is 2.92. The highest BCUT2D eigenvalue weighted by Gasteiger charge is 2.16. The fraction of sp³-hybridized carbons (Fsp3) is 0.150. The quantitative estimate of drug-likeness (QED) is 0.245. The Hall–Kier alpha value is -1.64. The molecule has 1 amide bonds. The highest BCUT2D eigenvalue weighted by Crippen LogP contribution is 2.42. The van der Waals surface area contributed by atoms with E-state index in [-0.39, 0.29) is 11.7 Å². The Labute approximate surface area is 190 Å². The maximum Gasteiger partial charge on any atom is 0.234 e. The van der Waals surface area contributed by atoms with Crippen molar-refractivity contribution in [1.29, 1.82) is 0 Å². The number of aromatic nitrogens is 2. The Kier molecular flexibility index (Phi) is 6.13. The predicted octanol–water partition coefficient (Wildman–Crippen LogP) is 7.07. The third-order valence-corrected chi connectivity index (χ3v) is 8.20. The molecule has 0 atom stereocenters. The van der Waals surface area contributed by atoms with Gasteiger partial charge in [0.05, 0.1) is 31.0 Å². The number of carbonyl (C=O) groups excluding carboxylic acids is 1. The standard InChI is InChI=1S/C20H15Cl2N3OS3/c1-10-8-27-19-17(10)11(2)18(29-19)15-5-6-23-20(25-15)28-9-16(26)24-14-4-3-12(21)7-13(14)22/h3-8H,9H2,1-2H3,(H,24,26). The molecule has 29 heavy (non-hydrogen) atoms. The minimum absolute atomic E-state index is 0.181. The number of thiophene rings is 2. The number of nitrogens with zero attached hydrogens (tertiary/aromatic N) is 2. The highest BCUT2D eigenvalue weighted by molar-refractivity contribution is 7.99. The van der Waals surface area contributed by atoms with Crippen molar-refractivity contribution in [1.82, 2.24) is 9.97 Å². The number of rotatable bonds is 5. The van der Waals surface area contributed by atoms with E-state index in [1.807, 2.05) is 6.07 Å². The summed E-state index contributed by atoms with van der Waals surface area (Å²) in [6.45, 7) is 4.27. The summed E-state index contributed by atoms with van der Waals surface area (Å²) in [6.07, 6.45) is 1.73. The Morgan fingerprint density at radius 2 is 2.07 bits per heavy atom. The van der Waals surface area contributed by atoms with E-state index < -0.39 is 0 Å². The predicted molar refractivity (Wildman–Crippen MR) is 126 cm³/mol. The van der Waals surface area contributed by atoms with Crippen LogP contribution in [0, 0.1) is 13.8 Å². The molecule has 9 heteroatoms. The second-order valence-electron chi connectivity index (χ2n) is 6.32. The van der Waals surface area contributed by atoms with Crippen molar-refractivity contribution >= 4 is 78.6 Å². The van der Waals surface area contributed by atoms with Crippen LogP contribution in [-0.4, -0.2) is 21.6 Å². The second kappa shape index (κ2) is 8.62. The molecule has 0 saturated carbocycles. The number of carbonyl (C=O) groups is 1. The number of hydrogen-bond donors (Lipinski definition) is 1. The number of aryl methyl sites for hydroxylation is 2. The van der Waals surface area contributed by atoms with E-state index >= 15 is 0 Å². The second-order valence-corrected chi connectivity index (χ2v) is 10.3. The van der Waals surface area contributed by atoms with Crippen LogP contribution in [0.4, 0.5) is 5.69 Å². The minimum Gasteiger partial charge on any atom is -0.324 e. The zero-order valence-electron chi connectivity index (χ0n) is 15.5.